The first-order chi connectivity index (χ1) is 27.2. The largest absolute Gasteiger partial charge is 0.494 e. The molecule has 2 heterocycles. The molecule has 4 aromatic carbocycles. The number of benzene rings is 4. The first-order valence-electron chi connectivity index (χ1n) is 19.2. The van der Waals surface area contributed by atoms with E-state index in [1.165, 1.54) is 10.3 Å². The third-order valence-electron chi connectivity index (χ3n) is 9.97. The second-order valence-corrected chi connectivity index (χ2v) is 16.1. The van der Waals surface area contributed by atoms with Gasteiger partial charge in [0.1, 0.15) is 17.3 Å². The Morgan fingerprint density at radius 2 is 1.43 bits per heavy atom. The molecule has 1 fully saturated rings. The van der Waals surface area contributed by atoms with Crippen LogP contribution in [0.2, 0.25) is 0 Å². The van der Waals surface area contributed by atoms with Gasteiger partial charge in [0, 0.05) is 53.8 Å². The number of amides is 2. The van der Waals surface area contributed by atoms with Crippen molar-refractivity contribution in [3.05, 3.63) is 112 Å². The van der Waals surface area contributed by atoms with Crippen LogP contribution in [0, 0.1) is 6.92 Å². The van der Waals surface area contributed by atoms with E-state index >= 15 is 0 Å². The number of nitrogens with zero attached hydrogens (tertiary/aromatic N) is 1. The van der Waals surface area contributed by atoms with Gasteiger partial charge in [-0.25, -0.2) is 0 Å². The molecule has 1 aliphatic carbocycles. The van der Waals surface area contributed by atoms with Gasteiger partial charge in [-0.05, 0) is 116 Å². The number of carbonyl (C=O) groups excluding carboxylic acids is 4. The topological polar surface area (TPSA) is 108 Å². The van der Waals surface area contributed by atoms with E-state index in [4.69, 9.17) is 18.9 Å². The average molecular weight is 839 g/mol. The van der Waals surface area contributed by atoms with Crippen molar-refractivity contribution in [2.24, 2.45) is 0 Å². The van der Waals surface area contributed by atoms with Gasteiger partial charge in [0.2, 0.25) is 0 Å². The number of hydrogen-bond acceptors (Lipinski definition) is 9. The third kappa shape index (κ3) is 9.46. The van der Waals surface area contributed by atoms with Gasteiger partial charge in [0.25, 0.3) is 11.8 Å². The highest BCUT2D eigenvalue weighted by molar-refractivity contribution is 9.10. The number of thiophene rings is 1. The van der Waals surface area contributed by atoms with Crippen molar-refractivity contribution in [3.8, 4) is 27.7 Å². The molecule has 56 heavy (non-hydrogen) atoms. The van der Waals surface area contributed by atoms with Crippen LogP contribution in [0.25, 0.3) is 20.5 Å². The lowest BCUT2D eigenvalue weighted by molar-refractivity contribution is -0.132. The third-order valence-corrected chi connectivity index (χ3v) is 11.7. The summed E-state index contributed by atoms with van der Waals surface area (Å²) < 4.78 is 26.2. The van der Waals surface area contributed by atoms with Crippen molar-refractivity contribution >= 4 is 60.7 Å². The van der Waals surface area contributed by atoms with E-state index in [0.717, 1.165) is 80.1 Å². The maximum atomic E-state index is 13.1. The molecule has 11 heteroatoms. The lowest BCUT2D eigenvalue weighted by Crippen LogP contribution is -2.47. The number of imide groups is 1. The van der Waals surface area contributed by atoms with Gasteiger partial charge in [0.15, 0.2) is 11.5 Å². The van der Waals surface area contributed by atoms with Crippen LogP contribution in [-0.2, 0) is 25.5 Å². The van der Waals surface area contributed by atoms with Crippen molar-refractivity contribution in [2.75, 3.05) is 33.0 Å². The quantitative estimate of drug-likeness (QED) is 0.0488. The van der Waals surface area contributed by atoms with Gasteiger partial charge in [-0.1, -0.05) is 40.2 Å². The molecule has 0 bridgehead atoms. The SMILES string of the molecule is Cc1ccc2c(Oc3ccc(OCCCOCCCOCCCCc4ccc5c(c4)C(=O)N(C4CCC(=O)CC4=O)C5=O)cc3)c(-c3ccc(Br)cc3)sc2c1. The normalized spacial score (nSPS) is 15.5. The number of ketones is 2. The Bertz CT molecular complexity index is 2210. The maximum absolute atomic E-state index is 13.1. The molecule has 1 unspecified atom stereocenters. The Morgan fingerprint density at radius 1 is 0.732 bits per heavy atom. The van der Waals surface area contributed by atoms with Crippen LogP contribution in [0.3, 0.4) is 0 Å². The Balaban J connectivity index is 0.750. The summed E-state index contributed by atoms with van der Waals surface area (Å²) in [4.78, 5) is 52.2. The van der Waals surface area contributed by atoms with E-state index in [1.807, 2.05) is 42.5 Å². The smallest absolute Gasteiger partial charge is 0.262 e. The van der Waals surface area contributed by atoms with Crippen LogP contribution in [0.1, 0.15) is 76.8 Å². The van der Waals surface area contributed by atoms with Gasteiger partial charge < -0.3 is 18.9 Å². The molecule has 0 saturated heterocycles. The van der Waals surface area contributed by atoms with E-state index in [2.05, 4.69) is 53.2 Å². The van der Waals surface area contributed by atoms with Gasteiger partial charge in [0.05, 0.1) is 35.1 Å². The molecule has 0 spiro atoms. The number of carbonyl (C=O) groups is 4. The summed E-state index contributed by atoms with van der Waals surface area (Å²) in [6.45, 7) is 5.13. The molecule has 5 aromatic rings. The first kappa shape index (κ1) is 39.6. The van der Waals surface area contributed by atoms with Crippen molar-refractivity contribution in [3.63, 3.8) is 0 Å². The van der Waals surface area contributed by atoms with Crippen LogP contribution < -0.4 is 9.47 Å². The number of unbranched alkanes of at least 4 members (excludes halogenated alkanes) is 1. The summed E-state index contributed by atoms with van der Waals surface area (Å²) in [5, 5.41) is 1.10. The maximum Gasteiger partial charge on any atom is 0.262 e. The fraction of sp³-hybridized carbons (Fsp3) is 0.333. The lowest BCUT2D eigenvalue weighted by Gasteiger charge is -2.27. The summed E-state index contributed by atoms with van der Waals surface area (Å²) in [5.41, 5.74) is 3.96. The van der Waals surface area contributed by atoms with E-state index in [1.54, 1.807) is 23.5 Å². The first-order valence-corrected chi connectivity index (χ1v) is 20.8. The predicted molar refractivity (Wildman–Crippen MR) is 220 cm³/mol. The van der Waals surface area contributed by atoms with Gasteiger partial charge >= 0.3 is 0 Å². The van der Waals surface area contributed by atoms with Crippen molar-refractivity contribution in [1.82, 2.24) is 4.90 Å². The summed E-state index contributed by atoms with van der Waals surface area (Å²) in [6, 6.07) is 27.0. The summed E-state index contributed by atoms with van der Waals surface area (Å²) in [6.07, 6.45) is 4.26. The fourth-order valence-electron chi connectivity index (χ4n) is 7.02. The molecule has 1 atom stereocenters. The van der Waals surface area contributed by atoms with Crippen molar-refractivity contribution in [2.45, 2.75) is 64.3 Å². The zero-order chi connectivity index (χ0) is 39.0. The molecule has 9 nitrogen and oxygen atoms in total. The lowest BCUT2D eigenvalue weighted by atomic mass is 9.92. The van der Waals surface area contributed by atoms with Gasteiger partial charge in [-0.2, -0.15) is 0 Å². The van der Waals surface area contributed by atoms with Crippen LogP contribution in [0.15, 0.2) is 89.4 Å². The zero-order valence-electron chi connectivity index (χ0n) is 31.4. The Labute approximate surface area is 339 Å². The molecule has 0 N–H and O–H groups in total. The summed E-state index contributed by atoms with van der Waals surface area (Å²) in [7, 11) is 0. The minimum Gasteiger partial charge on any atom is -0.494 e. The minimum absolute atomic E-state index is 0.142. The van der Waals surface area contributed by atoms with Crippen LogP contribution in [0.5, 0.6) is 17.2 Å². The number of rotatable bonds is 18. The summed E-state index contributed by atoms with van der Waals surface area (Å²) >= 11 is 5.28. The van der Waals surface area contributed by atoms with E-state index in [9.17, 15) is 19.2 Å². The number of halogens is 1. The van der Waals surface area contributed by atoms with Gasteiger partial charge in [-0.3, -0.25) is 24.1 Å². The minimum atomic E-state index is -0.849. The molecule has 0 radical (unpaired) electrons. The Morgan fingerprint density at radius 3 is 2.18 bits per heavy atom. The van der Waals surface area contributed by atoms with Crippen LogP contribution in [0.4, 0.5) is 0 Å². The number of ether oxygens (including phenoxy) is 4. The highest BCUT2D eigenvalue weighted by Gasteiger charge is 2.44. The molecule has 7 rings (SSSR count). The standard InChI is InChI=1S/C45H44BrNO8S/c1-29-7-18-37-41(26-29)56-43(31-9-11-32(46)12-10-31)42(37)55-35-16-14-34(15-17-35)54-25-5-24-53-23-4-22-52-21-3-2-6-30-8-19-36-38(27-30)45(51)47(44(36)50)39-20-13-33(48)28-40(39)49/h7-12,14-19,26-27,39H,2-6,13,20-25,28H2,1H3. The Kier molecular flexibility index (Phi) is 13.1. The average Bonchev–Trinajstić information content (AvgIpc) is 3.66. The molecule has 1 aromatic heterocycles. The van der Waals surface area contributed by atoms with Crippen LogP contribution in [-0.4, -0.2) is 67.4 Å². The second kappa shape index (κ2) is 18.5. The van der Waals surface area contributed by atoms with E-state index < -0.39 is 17.9 Å². The number of aryl methyl sites for hydroxylation is 2. The Hall–Kier alpha value is -4.68. The molecule has 1 saturated carbocycles. The molecular weight excluding hydrogens is 794 g/mol. The van der Waals surface area contributed by atoms with E-state index in [0.29, 0.717) is 44.2 Å². The second-order valence-electron chi connectivity index (χ2n) is 14.2. The fourth-order valence-corrected chi connectivity index (χ4v) is 8.52. The zero-order valence-corrected chi connectivity index (χ0v) is 33.8. The summed E-state index contributed by atoms with van der Waals surface area (Å²) in [5.74, 6) is 0.997. The number of Topliss-reactive ketones (excluding diaryl/α,β-unsaturated/α-hetero) is 2. The predicted octanol–water partition coefficient (Wildman–Crippen LogP) is 9.93. The molecule has 1 aliphatic heterocycles. The highest BCUT2D eigenvalue weighted by Crippen LogP contribution is 2.47. The molecule has 2 amide bonds. The monoisotopic (exact) mass is 837 g/mol. The van der Waals surface area contributed by atoms with Crippen molar-refractivity contribution < 1.29 is 38.1 Å². The molecular formula is C45H44BrNO8S. The van der Waals surface area contributed by atoms with Gasteiger partial charge in [-0.15, -0.1) is 11.3 Å². The molecule has 290 valence electrons. The number of fused-ring (bicyclic) bond motifs is 2. The molecule has 2 aliphatic rings. The van der Waals surface area contributed by atoms with E-state index in [-0.39, 0.29) is 30.8 Å². The highest BCUT2D eigenvalue weighted by atomic mass is 79.9. The van der Waals surface area contributed by atoms with Crippen LogP contribution >= 0.6 is 27.3 Å². The number of hydrogen-bond donors (Lipinski definition) is 0. The van der Waals surface area contributed by atoms with Crippen molar-refractivity contribution in [1.29, 1.82) is 0 Å².